The molecule has 0 spiro atoms. The van der Waals surface area contributed by atoms with Crippen LogP contribution in [0.4, 0.5) is 0 Å². The molecule has 0 unspecified atom stereocenters. The Balaban J connectivity index is 0.00000151. The van der Waals surface area contributed by atoms with Crippen molar-refractivity contribution in [1.82, 2.24) is 0 Å². The Morgan fingerprint density at radius 3 is 1.92 bits per heavy atom. The fourth-order valence-electron chi connectivity index (χ4n) is 2.46. The molecule has 0 heterocycles. The summed E-state index contributed by atoms with van der Waals surface area (Å²) in [5.74, 6) is 2.21. The van der Waals surface area contributed by atoms with E-state index >= 15 is 0 Å². The van der Waals surface area contributed by atoms with Gasteiger partial charge in [0.2, 0.25) is 0 Å². The van der Waals surface area contributed by atoms with E-state index in [1.807, 2.05) is 52.0 Å². The number of carbonyl (C=O) groups excluding carboxylic acids is 1. The second-order valence-electron chi connectivity index (χ2n) is 5.41. The van der Waals surface area contributed by atoms with Crippen molar-refractivity contribution in [3.63, 3.8) is 0 Å². The molecule has 4 heteroatoms. The lowest BCUT2D eigenvalue weighted by Gasteiger charge is -2.14. The van der Waals surface area contributed by atoms with Crippen molar-refractivity contribution in [2.45, 2.75) is 40.5 Å². The van der Waals surface area contributed by atoms with Crippen LogP contribution in [0, 0.1) is 13.8 Å². The summed E-state index contributed by atoms with van der Waals surface area (Å²) in [5, 5.41) is 0. The molecule has 0 saturated carbocycles. The van der Waals surface area contributed by atoms with Gasteiger partial charge in [0.05, 0.1) is 14.2 Å². The third kappa shape index (κ3) is 6.14. The van der Waals surface area contributed by atoms with Crippen LogP contribution in [0.15, 0.2) is 36.4 Å². The molecule has 4 nitrogen and oxygen atoms in total. The van der Waals surface area contributed by atoms with Crippen molar-refractivity contribution in [2.75, 3.05) is 14.2 Å². The molecule has 0 saturated heterocycles. The van der Waals surface area contributed by atoms with E-state index in [1.54, 1.807) is 7.11 Å². The largest absolute Gasteiger partial charge is 0.497 e. The average molecular weight is 344 g/mol. The van der Waals surface area contributed by atoms with E-state index < -0.39 is 0 Å². The molecule has 0 atom stereocenters. The third-order valence-corrected chi connectivity index (χ3v) is 3.64. The lowest BCUT2D eigenvalue weighted by molar-refractivity contribution is -0.140. The minimum atomic E-state index is -0.195. The maximum absolute atomic E-state index is 11.3. The van der Waals surface area contributed by atoms with E-state index in [2.05, 4.69) is 16.9 Å². The Hall–Kier alpha value is -2.49. The molecule has 0 aliphatic heterocycles. The first-order valence-corrected chi connectivity index (χ1v) is 8.52. The van der Waals surface area contributed by atoms with Crippen LogP contribution in [0.5, 0.6) is 17.2 Å². The van der Waals surface area contributed by atoms with E-state index in [-0.39, 0.29) is 5.97 Å². The average Bonchev–Trinajstić information content (AvgIpc) is 2.64. The van der Waals surface area contributed by atoms with E-state index in [0.717, 1.165) is 33.9 Å². The summed E-state index contributed by atoms with van der Waals surface area (Å²) < 4.78 is 15.8. The van der Waals surface area contributed by atoms with Gasteiger partial charge in [-0.05, 0) is 61.2 Å². The monoisotopic (exact) mass is 344 g/mol. The zero-order valence-electron chi connectivity index (χ0n) is 16.0. The number of rotatable bonds is 6. The molecule has 0 aromatic heterocycles. The van der Waals surface area contributed by atoms with Crippen LogP contribution in [0.2, 0.25) is 0 Å². The number of hydrogen-bond acceptors (Lipinski definition) is 4. The third-order valence-electron chi connectivity index (χ3n) is 3.64. The summed E-state index contributed by atoms with van der Waals surface area (Å²) in [7, 11) is 3.04. The van der Waals surface area contributed by atoms with E-state index in [1.165, 1.54) is 7.11 Å². The number of esters is 1. The molecule has 0 N–H and O–H groups in total. The molecular formula is C21H28O4. The summed E-state index contributed by atoms with van der Waals surface area (Å²) in [4.78, 5) is 11.3. The number of carbonyl (C=O) groups is 1. The van der Waals surface area contributed by atoms with Gasteiger partial charge in [-0.1, -0.05) is 26.0 Å². The zero-order chi connectivity index (χ0) is 18.8. The second kappa shape index (κ2) is 10.4. The predicted octanol–water partition coefficient (Wildman–Crippen LogP) is 5.24. The van der Waals surface area contributed by atoms with Gasteiger partial charge in [-0.2, -0.15) is 0 Å². The Labute approximate surface area is 150 Å². The highest BCUT2D eigenvalue weighted by atomic mass is 16.5. The van der Waals surface area contributed by atoms with Gasteiger partial charge in [-0.25, -0.2) is 0 Å². The Kier molecular flexibility index (Phi) is 8.54. The number of benzene rings is 2. The number of aryl methyl sites for hydroxylation is 3. The van der Waals surface area contributed by atoms with Crippen LogP contribution in [0.3, 0.4) is 0 Å². The molecule has 2 aromatic carbocycles. The summed E-state index contributed by atoms with van der Waals surface area (Å²) >= 11 is 0. The molecule has 0 amide bonds. The Morgan fingerprint density at radius 1 is 0.920 bits per heavy atom. The first-order chi connectivity index (χ1) is 12.0. The maximum Gasteiger partial charge on any atom is 0.305 e. The number of hydrogen-bond donors (Lipinski definition) is 0. The van der Waals surface area contributed by atoms with Crippen molar-refractivity contribution in [2.24, 2.45) is 0 Å². The predicted molar refractivity (Wildman–Crippen MR) is 101 cm³/mol. The molecule has 136 valence electrons. The van der Waals surface area contributed by atoms with Crippen LogP contribution in [0.1, 0.15) is 37.0 Å². The zero-order valence-corrected chi connectivity index (χ0v) is 16.0. The number of ether oxygens (including phenoxy) is 3. The standard InChI is InChI=1S/C19H22O4.C2H6/c1-13-11-15(5-10-18(20)22-4)12-14(2)19(13)23-17-8-6-16(21-3)7-9-17;1-2/h6-9,11-12H,5,10H2,1-4H3;1-2H3. The highest BCUT2D eigenvalue weighted by Gasteiger charge is 2.09. The smallest absolute Gasteiger partial charge is 0.305 e. The summed E-state index contributed by atoms with van der Waals surface area (Å²) in [6.45, 7) is 8.01. The Bertz CT molecular complexity index is 652. The molecule has 2 aromatic rings. The van der Waals surface area contributed by atoms with Crippen LogP contribution in [0.25, 0.3) is 0 Å². The summed E-state index contributed by atoms with van der Waals surface area (Å²) in [5.41, 5.74) is 3.19. The maximum atomic E-state index is 11.3. The molecule has 0 fully saturated rings. The van der Waals surface area contributed by atoms with E-state index in [0.29, 0.717) is 12.8 Å². The summed E-state index contributed by atoms with van der Waals surface area (Å²) in [6, 6.07) is 11.6. The fraction of sp³-hybridized carbons (Fsp3) is 0.381. The molecule has 0 bridgehead atoms. The van der Waals surface area contributed by atoms with Gasteiger partial charge in [0, 0.05) is 6.42 Å². The van der Waals surface area contributed by atoms with Crippen LogP contribution < -0.4 is 9.47 Å². The Morgan fingerprint density at radius 2 is 1.44 bits per heavy atom. The van der Waals surface area contributed by atoms with Crippen molar-refractivity contribution in [3.05, 3.63) is 53.1 Å². The van der Waals surface area contributed by atoms with Crippen molar-refractivity contribution in [1.29, 1.82) is 0 Å². The minimum Gasteiger partial charge on any atom is -0.497 e. The van der Waals surface area contributed by atoms with Crippen LogP contribution in [-0.4, -0.2) is 20.2 Å². The molecule has 0 aliphatic carbocycles. The van der Waals surface area contributed by atoms with E-state index in [4.69, 9.17) is 9.47 Å². The topological polar surface area (TPSA) is 44.8 Å². The molecule has 2 rings (SSSR count). The van der Waals surface area contributed by atoms with Crippen molar-refractivity contribution >= 4 is 5.97 Å². The second-order valence-corrected chi connectivity index (χ2v) is 5.41. The van der Waals surface area contributed by atoms with Gasteiger partial charge in [0.25, 0.3) is 0 Å². The van der Waals surface area contributed by atoms with Gasteiger partial charge >= 0.3 is 5.97 Å². The first-order valence-electron chi connectivity index (χ1n) is 8.52. The lowest BCUT2D eigenvalue weighted by Crippen LogP contribution is -2.02. The normalized spacial score (nSPS) is 9.68. The first kappa shape index (κ1) is 20.6. The SMILES string of the molecule is CC.COC(=O)CCc1cc(C)c(Oc2ccc(OC)cc2)c(C)c1. The van der Waals surface area contributed by atoms with Crippen LogP contribution in [-0.2, 0) is 16.0 Å². The van der Waals surface area contributed by atoms with E-state index in [9.17, 15) is 4.79 Å². The lowest BCUT2D eigenvalue weighted by atomic mass is 10.0. The van der Waals surface area contributed by atoms with Gasteiger partial charge in [0.1, 0.15) is 17.2 Å². The van der Waals surface area contributed by atoms with Gasteiger partial charge in [-0.15, -0.1) is 0 Å². The van der Waals surface area contributed by atoms with Crippen molar-refractivity contribution < 1.29 is 19.0 Å². The summed E-state index contributed by atoms with van der Waals surface area (Å²) in [6.07, 6.45) is 1.05. The molecular weight excluding hydrogens is 316 g/mol. The fourth-order valence-corrected chi connectivity index (χ4v) is 2.46. The van der Waals surface area contributed by atoms with Gasteiger partial charge in [0.15, 0.2) is 0 Å². The molecule has 25 heavy (non-hydrogen) atoms. The van der Waals surface area contributed by atoms with Gasteiger partial charge in [-0.3, -0.25) is 4.79 Å². The minimum absolute atomic E-state index is 0.195. The highest BCUT2D eigenvalue weighted by molar-refractivity contribution is 5.69. The van der Waals surface area contributed by atoms with Gasteiger partial charge < -0.3 is 14.2 Å². The molecule has 0 radical (unpaired) electrons. The highest BCUT2D eigenvalue weighted by Crippen LogP contribution is 2.31. The van der Waals surface area contributed by atoms with Crippen molar-refractivity contribution in [3.8, 4) is 17.2 Å². The number of methoxy groups -OCH3 is 2. The van der Waals surface area contributed by atoms with Crippen LogP contribution >= 0.6 is 0 Å². The quantitative estimate of drug-likeness (QED) is 0.673. The molecule has 0 aliphatic rings.